The minimum absolute atomic E-state index is 1.09. The van der Waals surface area contributed by atoms with E-state index < -0.39 is 0 Å². The standard InChI is InChI=1S/C12H18N/c1-10(2)9-11-5-7-12(8-6-11)13(3)4/h5-8H,9H2,1-4H3. The highest BCUT2D eigenvalue weighted by Crippen LogP contribution is 2.15. The zero-order chi connectivity index (χ0) is 9.84. The molecule has 13 heavy (non-hydrogen) atoms. The molecule has 71 valence electrons. The molecule has 0 fully saturated rings. The summed E-state index contributed by atoms with van der Waals surface area (Å²) in [6, 6.07) is 8.72. The highest BCUT2D eigenvalue weighted by Gasteiger charge is 1.98. The molecule has 0 amide bonds. The van der Waals surface area contributed by atoms with Gasteiger partial charge in [-0.1, -0.05) is 26.0 Å². The number of rotatable bonds is 3. The van der Waals surface area contributed by atoms with Crippen LogP contribution < -0.4 is 4.90 Å². The molecule has 0 saturated carbocycles. The minimum atomic E-state index is 1.09. The van der Waals surface area contributed by atoms with Gasteiger partial charge in [-0.05, 0) is 30.0 Å². The van der Waals surface area contributed by atoms with Gasteiger partial charge in [0, 0.05) is 19.8 Å². The molecule has 1 heteroatoms. The lowest BCUT2D eigenvalue weighted by Crippen LogP contribution is -2.08. The minimum Gasteiger partial charge on any atom is -0.378 e. The lowest BCUT2D eigenvalue weighted by atomic mass is 10.0. The summed E-state index contributed by atoms with van der Waals surface area (Å²) in [5, 5.41) is 0. The fraction of sp³-hybridized carbons (Fsp3) is 0.417. The molecule has 1 radical (unpaired) electrons. The molecule has 1 aromatic rings. The number of hydrogen-bond donors (Lipinski definition) is 0. The zero-order valence-corrected chi connectivity index (χ0v) is 8.96. The third kappa shape index (κ3) is 3.10. The average molecular weight is 176 g/mol. The van der Waals surface area contributed by atoms with Gasteiger partial charge in [0.2, 0.25) is 0 Å². The van der Waals surface area contributed by atoms with E-state index in [9.17, 15) is 0 Å². The third-order valence-electron chi connectivity index (χ3n) is 2.01. The molecule has 0 saturated heterocycles. The van der Waals surface area contributed by atoms with Crippen LogP contribution in [0.1, 0.15) is 19.4 Å². The fourth-order valence-corrected chi connectivity index (χ4v) is 1.32. The maximum atomic E-state index is 2.20. The van der Waals surface area contributed by atoms with E-state index in [-0.39, 0.29) is 0 Å². The summed E-state index contributed by atoms with van der Waals surface area (Å²) in [7, 11) is 4.12. The molecule has 0 aliphatic heterocycles. The van der Waals surface area contributed by atoms with Gasteiger partial charge < -0.3 is 4.90 Å². The summed E-state index contributed by atoms with van der Waals surface area (Å²) in [6.07, 6.45) is 1.09. The van der Waals surface area contributed by atoms with E-state index in [0.717, 1.165) is 6.42 Å². The van der Waals surface area contributed by atoms with Crippen molar-refractivity contribution in [1.29, 1.82) is 0 Å². The van der Waals surface area contributed by atoms with Gasteiger partial charge >= 0.3 is 0 Å². The molecule has 0 spiro atoms. The Labute approximate surface area is 81.4 Å². The summed E-state index contributed by atoms with van der Waals surface area (Å²) in [4.78, 5) is 2.12. The molecule has 0 atom stereocenters. The van der Waals surface area contributed by atoms with Gasteiger partial charge in [-0.2, -0.15) is 0 Å². The van der Waals surface area contributed by atoms with E-state index in [2.05, 4.69) is 57.1 Å². The van der Waals surface area contributed by atoms with Crippen molar-refractivity contribution in [3.05, 3.63) is 35.7 Å². The smallest absolute Gasteiger partial charge is 0.0361 e. The molecule has 1 rings (SSSR count). The van der Waals surface area contributed by atoms with Gasteiger partial charge in [-0.25, -0.2) is 0 Å². The van der Waals surface area contributed by atoms with Crippen LogP contribution in [-0.2, 0) is 6.42 Å². The Morgan fingerprint density at radius 3 is 2.00 bits per heavy atom. The quantitative estimate of drug-likeness (QED) is 0.684. The first-order valence-corrected chi connectivity index (χ1v) is 4.65. The Morgan fingerprint density at radius 2 is 1.62 bits per heavy atom. The SMILES string of the molecule is C[C](C)Cc1ccc(N(C)C)cc1. The second-order valence-corrected chi connectivity index (χ2v) is 3.94. The van der Waals surface area contributed by atoms with Gasteiger partial charge in [0.25, 0.3) is 0 Å². The van der Waals surface area contributed by atoms with Crippen LogP contribution in [0.2, 0.25) is 0 Å². The van der Waals surface area contributed by atoms with Crippen molar-refractivity contribution in [3.63, 3.8) is 0 Å². The van der Waals surface area contributed by atoms with Crippen LogP contribution in [0.15, 0.2) is 24.3 Å². The normalized spacial score (nSPS) is 10.5. The first kappa shape index (κ1) is 10.1. The maximum absolute atomic E-state index is 2.20. The average Bonchev–Trinajstić information content (AvgIpc) is 2.04. The number of benzene rings is 1. The number of anilines is 1. The van der Waals surface area contributed by atoms with Crippen LogP contribution in [0, 0.1) is 5.92 Å². The van der Waals surface area contributed by atoms with Crippen LogP contribution >= 0.6 is 0 Å². The lowest BCUT2D eigenvalue weighted by Gasteiger charge is -2.13. The van der Waals surface area contributed by atoms with E-state index in [1.165, 1.54) is 17.2 Å². The van der Waals surface area contributed by atoms with Crippen molar-refractivity contribution in [2.45, 2.75) is 20.3 Å². The van der Waals surface area contributed by atoms with E-state index in [1.807, 2.05) is 0 Å². The number of nitrogens with zero attached hydrogens (tertiary/aromatic N) is 1. The summed E-state index contributed by atoms with van der Waals surface area (Å²) >= 11 is 0. The molecule has 1 aromatic carbocycles. The predicted molar refractivity (Wildman–Crippen MR) is 59.1 cm³/mol. The first-order chi connectivity index (χ1) is 6.09. The summed E-state index contributed by atoms with van der Waals surface area (Å²) in [6.45, 7) is 4.33. The van der Waals surface area contributed by atoms with E-state index in [0.29, 0.717) is 0 Å². The molecule has 0 heterocycles. The van der Waals surface area contributed by atoms with Gasteiger partial charge in [0.1, 0.15) is 0 Å². The van der Waals surface area contributed by atoms with Crippen LogP contribution in [0.25, 0.3) is 0 Å². The van der Waals surface area contributed by atoms with Crippen LogP contribution in [0.4, 0.5) is 5.69 Å². The van der Waals surface area contributed by atoms with Gasteiger partial charge in [0.05, 0.1) is 0 Å². The third-order valence-corrected chi connectivity index (χ3v) is 2.01. The monoisotopic (exact) mass is 176 g/mol. The summed E-state index contributed by atoms with van der Waals surface area (Å²) in [5.74, 6) is 1.46. The van der Waals surface area contributed by atoms with Crippen molar-refractivity contribution >= 4 is 5.69 Å². The second-order valence-electron chi connectivity index (χ2n) is 3.94. The van der Waals surface area contributed by atoms with E-state index >= 15 is 0 Å². The van der Waals surface area contributed by atoms with Crippen molar-refractivity contribution in [2.24, 2.45) is 0 Å². The first-order valence-electron chi connectivity index (χ1n) is 4.65. The van der Waals surface area contributed by atoms with Gasteiger partial charge in [-0.3, -0.25) is 0 Å². The van der Waals surface area contributed by atoms with Crippen LogP contribution in [-0.4, -0.2) is 14.1 Å². The molecule has 0 aliphatic rings. The van der Waals surface area contributed by atoms with Gasteiger partial charge in [0.15, 0.2) is 0 Å². The molecule has 0 bridgehead atoms. The van der Waals surface area contributed by atoms with Gasteiger partial charge in [-0.15, -0.1) is 0 Å². The second kappa shape index (κ2) is 4.31. The highest BCUT2D eigenvalue weighted by atomic mass is 15.1. The van der Waals surface area contributed by atoms with Crippen molar-refractivity contribution in [3.8, 4) is 0 Å². The fourth-order valence-electron chi connectivity index (χ4n) is 1.32. The van der Waals surface area contributed by atoms with Crippen LogP contribution in [0.5, 0.6) is 0 Å². The van der Waals surface area contributed by atoms with Crippen molar-refractivity contribution in [1.82, 2.24) is 0 Å². The Hall–Kier alpha value is -0.980. The van der Waals surface area contributed by atoms with Crippen molar-refractivity contribution < 1.29 is 0 Å². The predicted octanol–water partition coefficient (Wildman–Crippen LogP) is 2.91. The van der Waals surface area contributed by atoms with E-state index in [4.69, 9.17) is 0 Å². The topological polar surface area (TPSA) is 3.24 Å². The maximum Gasteiger partial charge on any atom is 0.0361 e. The Bertz CT molecular complexity index is 246. The molecular weight excluding hydrogens is 158 g/mol. The highest BCUT2D eigenvalue weighted by molar-refractivity contribution is 5.46. The molecule has 0 aliphatic carbocycles. The zero-order valence-electron chi connectivity index (χ0n) is 8.96. The number of hydrogen-bond acceptors (Lipinski definition) is 1. The molecular formula is C12H18N. The summed E-state index contributed by atoms with van der Waals surface area (Å²) in [5.41, 5.74) is 2.66. The largest absolute Gasteiger partial charge is 0.378 e. The van der Waals surface area contributed by atoms with Crippen LogP contribution in [0.3, 0.4) is 0 Å². The Balaban J connectivity index is 2.70. The molecule has 0 N–H and O–H groups in total. The molecule has 0 unspecified atom stereocenters. The summed E-state index contributed by atoms with van der Waals surface area (Å²) < 4.78 is 0. The lowest BCUT2D eigenvalue weighted by molar-refractivity contribution is 0.956. The van der Waals surface area contributed by atoms with Crippen molar-refractivity contribution in [2.75, 3.05) is 19.0 Å². The molecule has 0 aromatic heterocycles. The van der Waals surface area contributed by atoms with E-state index in [1.54, 1.807) is 0 Å². The Morgan fingerprint density at radius 1 is 1.08 bits per heavy atom. The Kier molecular flexibility index (Phi) is 3.35. The molecule has 1 nitrogen and oxygen atoms in total.